The molecule has 1 amide bonds. The highest BCUT2D eigenvalue weighted by Gasteiger charge is 2.15. The van der Waals surface area contributed by atoms with Crippen LogP contribution in [0.2, 0.25) is 0 Å². The molecule has 1 aliphatic rings. The van der Waals surface area contributed by atoms with Crippen molar-refractivity contribution in [3.63, 3.8) is 0 Å². The average Bonchev–Trinajstić information content (AvgIpc) is 2.98. The van der Waals surface area contributed by atoms with E-state index >= 15 is 0 Å². The molecular weight excluding hydrogens is 312 g/mol. The van der Waals surface area contributed by atoms with Crippen molar-refractivity contribution in [2.45, 2.75) is 39.5 Å². The van der Waals surface area contributed by atoms with E-state index < -0.39 is 0 Å². The Morgan fingerprint density at radius 2 is 2.26 bits per heavy atom. The van der Waals surface area contributed by atoms with Gasteiger partial charge in [-0.15, -0.1) is 12.4 Å². The van der Waals surface area contributed by atoms with Gasteiger partial charge in [0, 0.05) is 18.2 Å². The van der Waals surface area contributed by atoms with Crippen LogP contribution in [-0.2, 0) is 4.79 Å². The van der Waals surface area contributed by atoms with Gasteiger partial charge in [-0.25, -0.2) is 0 Å². The molecule has 0 spiro atoms. The van der Waals surface area contributed by atoms with E-state index in [9.17, 15) is 4.79 Å². The standard InChI is InChI=1S/C18H28N2O2.ClH/c1-14(2)9-11-22-17-5-3-4-16(12-17)20-18(21)7-6-15-8-10-19-13-15;/h3-5,12,14-15,19H,6-11,13H2,1-2H3,(H,20,21);1H. The Hall–Kier alpha value is -1.26. The molecule has 0 radical (unpaired) electrons. The molecule has 5 heteroatoms. The van der Waals surface area contributed by atoms with Crippen molar-refractivity contribution >= 4 is 24.0 Å². The molecular formula is C18H29ClN2O2. The summed E-state index contributed by atoms with van der Waals surface area (Å²) in [6.07, 6.45) is 3.77. The van der Waals surface area contributed by atoms with E-state index in [4.69, 9.17) is 4.74 Å². The Bertz CT molecular complexity index is 474. The summed E-state index contributed by atoms with van der Waals surface area (Å²) in [5.74, 6) is 2.19. The van der Waals surface area contributed by atoms with Crippen LogP contribution < -0.4 is 15.4 Å². The molecule has 130 valence electrons. The average molecular weight is 341 g/mol. The number of amides is 1. The second-order valence-corrected chi connectivity index (χ2v) is 6.50. The number of anilines is 1. The van der Waals surface area contributed by atoms with E-state index in [2.05, 4.69) is 24.5 Å². The van der Waals surface area contributed by atoms with Gasteiger partial charge in [-0.05, 0) is 56.3 Å². The quantitative estimate of drug-likeness (QED) is 0.755. The zero-order chi connectivity index (χ0) is 15.8. The smallest absolute Gasteiger partial charge is 0.224 e. The molecule has 0 saturated carbocycles. The van der Waals surface area contributed by atoms with E-state index in [0.29, 0.717) is 24.9 Å². The van der Waals surface area contributed by atoms with Gasteiger partial charge in [0.05, 0.1) is 6.61 Å². The third-order valence-electron chi connectivity index (χ3n) is 4.02. The van der Waals surface area contributed by atoms with Gasteiger partial charge in [0.15, 0.2) is 0 Å². The van der Waals surface area contributed by atoms with Crippen LogP contribution in [0.1, 0.15) is 39.5 Å². The van der Waals surface area contributed by atoms with Crippen LogP contribution in [0, 0.1) is 11.8 Å². The Morgan fingerprint density at radius 3 is 2.96 bits per heavy atom. The second-order valence-electron chi connectivity index (χ2n) is 6.50. The van der Waals surface area contributed by atoms with Gasteiger partial charge in [-0.2, -0.15) is 0 Å². The number of ether oxygens (including phenoxy) is 1. The Balaban J connectivity index is 0.00000264. The fourth-order valence-electron chi connectivity index (χ4n) is 2.60. The highest BCUT2D eigenvalue weighted by molar-refractivity contribution is 5.90. The molecule has 4 nitrogen and oxygen atoms in total. The number of carbonyl (C=O) groups is 1. The molecule has 1 saturated heterocycles. The lowest BCUT2D eigenvalue weighted by Crippen LogP contribution is -2.15. The summed E-state index contributed by atoms with van der Waals surface area (Å²) in [6, 6.07) is 7.65. The first-order valence-electron chi connectivity index (χ1n) is 8.37. The molecule has 1 aromatic rings. The summed E-state index contributed by atoms with van der Waals surface area (Å²) < 4.78 is 5.72. The maximum absolute atomic E-state index is 12.0. The number of hydrogen-bond acceptors (Lipinski definition) is 3. The summed E-state index contributed by atoms with van der Waals surface area (Å²) in [6.45, 7) is 7.21. The molecule has 0 aliphatic carbocycles. The van der Waals surface area contributed by atoms with Crippen molar-refractivity contribution in [3.8, 4) is 5.75 Å². The van der Waals surface area contributed by atoms with Crippen LogP contribution >= 0.6 is 12.4 Å². The zero-order valence-corrected chi connectivity index (χ0v) is 15.0. The number of nitrogens with one attached hydrogen (secondary N) is 2. The SMILES string of the molecule is CC(C)CCOc1cccc(NC(=O)CCC2CCNC2)c1.Cl. The first-order chi connectivity index (χ1) is 10.6. The van der Waals surface area contributed by atoms with Crippen molar-refractivity contribution in [1.29, 1.82) is 0 Å². The summed E-state index contributed by atoms with van der Waals surface area (Å²) in [7, 11) is 0. The van der Waals surface area contributed by atoms with Crippen LogP contribution in [0.15, 0.2) is 24.3 Å². The number of hydrogen-bond donors (Lipinski definition) is 2. The zero-order valence-electron chi connectivity index (χ0n) is 14.1. The minimum atomic E-state index is 0. The third kappa shape index (κ3) is 7.71. The first-order valence-corrected chi connectivity index (χ1v) is 8.37. The van der Waals surface area contributed by atoms with Crippen LogP contribution in [0.4, 0.5) is 5.69 Å². The summed E-state index contributed by atoms with van der Waals surface area (Å²) in [5.41, 5.74) is 0.816. The van der Waals surface area contributed by atoms with E-state index in [1.165, 1.54) is 6.42 Å². The minimum Gasteiger partial charge on any atom is -0.494 e. The highest BCUT2D eigenvalue weighted by atomic mass is 35.5. The predicted octanol–water partition coefficient (Wildman–Crippen LogP) is 3.86. The second kappa shape index (κ2) is 10.5. The third-order valence-corrected chi connectivity index (χ3v) is 4.02. The summed E-state index contributed by atoms with van der Waals surface area (Å²) >= 11 is 0. The molecule has 1 aromatic carbocycles. The number of halogens is 1. The highest BCUT2D eigenvalue weighted by Crippen LogP contribution is 2.19. The van der Waals surface area contributed by atoms with E-state index in [1.54, 1.807) is 0 Å². The monoisotopic (exact) mass is 340 g/mol. The first kappa shape index (κ1) is 19.8. The van der Waals surface area contributed by atoms with Gasteiger partial charge in [0.25, 0.3) is 0 Å². The molecule has 1 heterocycles. The van der Waals surface area contributed by atoms with E-state index in [1.807, 2.05) is 24.3 Å². The summed E-state index contributed by atoms with van der Waals surface area (Å²) in [5, 5.41) is 6.30. The number of benzene rings is 1. The molecule has 2 N–H and O–H groups in total. The predicted molar refractivity (Wildman–Crippen MR) is 97.5 cm³/mol. The molecule has 1 fully saturated rings. The molecule has 0 bridgehead atoms. The minimum absolute atomic E-state index is 0. The molecule has 1 aliphatic heterocycles. The van der Waals surface area contributed by atoms with Gasteiger partial charge in [0.1, 0.15) is 5.75 Å². The topological polar surface area (TPSA) is 50.4 Å². The largest absolute Gasteiger partial charge is 0.494 e. The van der Waals surface area contributed by atoms with Gasteiger partial charge < -0.3 is 15.4 Å². The molecule has 1 unspecified atom stereocenters. The van der Waals surface area contributed by atoms with E-state index in [-0.39, 0.29) is 18.3 Å². The van der Waals surface area contributed by atoms with Crippen molar-refractivity contribution in [2.24, 2.45) is 11.8 Å². The van der Waals surface area contributed by atoms with Crippen molar-refractivity contribution in [1.82, 2.24) is 5.32 Å². The fourth-order valence-corrected chi connectivity index (χ4v) is 2.60. The summed E-state index contributed by atoms with van der Waals surface area (Å²) in [4.78, 5) is 12.0. The Kier molecular flexibility index (Phi) is 9.03. The van der Waals surface area contributed by atoms with Gasteiger partial charge in [0.2, 0.25) is 5.91 Å². The van der Waals surface area contributed by atoms with Crippen molar-refractivity contribution in [2.75, 3.05) is 25.0 Å². The fraction of sp³-hybridized carbons (Fsp3) is 0.611. The lowest BCUT2D eigenvalue weighted by molar-refractivity contribution is -0.116. The van der Waals surface area contributed by atoms with E-state index in [0.717, 1.165) is 37.4 Å². The molecule has 0 aromatic heterocycles. The normalized spacial score (nSPS) is 16.9. The van der Waals surface area contributed by atoms with Gasteiger partial charge in [-0.1, -0.05) is 19.9 Å². The maximum Gasteiger partial charge on any atom is 0.224 e. The van der Waals surface area contributed by atoms with Crippen LogP contribution in [-0.4, -0.2) is 25.6 Å². The molecule has 1 atom stereocenters. The lowest BCUT2D eigenvalue weighted by Gasteiger charge is -2.11. The van der Waals surface area contributed by atoms with Crippen molar-refractivity contribution in [3.05, 3.63) is 24.3 Å². The van der Waals surface area contributed by atoms with Crippen LogP contribution in [0.5, 0.6) is 5.75 Å². The molecule has 2 rings (SSSR count). The molecule has 23 heavy (non-hydrogen) atoms. The number of rotatable bonds is 8. The van der Waals surface area contributed by atoms with Crippen molar-refractivity contribution < 1.29 is 9.53 Å². The Morgan fingerprint density at radius 1 is 1.43 bits per heavy atom. The lowest BCUT2D eigenvalue weighted by atomic mass is 10.0. The maximum atomic E-state index is 12.0. The van der Waals surface area contributed by atoms with Crippen LogP contribution in [0.25, 0.3) is 0 Å². The van der Waals surface area contributed by atoms with Gasteiger partial charge >= 0.3 is 0 Å². The number of carbonyl (C=O) groups excluding carboxylic acids is 1. The van der Waals surface area contributed by atoms with Crippen LogP contribution in [0.3, 0.4) is 0 Å². The Labute approximate surface area is 145 Å². The van der Waals surface area contributed by atoms with Gasteiger partial charge in [-0.3, -0.25) is 4.79 Å².